The fourth-order valence-electron chi connectivity index (χ4n) is 0.467. The lowest BCUT2D eigenvalue weighted by molar-refractivity contribution is 0.215. The molecule has 0 amide bonds. The van der Waals surface area contributed by atoms with Crippen LogP contribution in [0.5, 0.6) is 0 Å². The van der Waals surface area contributed by atoms with E-state index in [-0.39, 0.29) is 0 Å². The first kappa shape index (κ1) is 7.01. The molecular formula is C5H7N3OS. The summed E-state index contributed by atoms with van der Waals surface area (Å²) >= 11 is 1.37. The molecule has 0 spiro atoms. The van der Waals surface area contributed by atoms with Gasteiger partial charge in [-0.1, -0.05) is 5.16 Å². The van der Waals surface area contributed by atoms with Gasteiger partial charge in [0.2, 0.25) is 0 Å². The molecule has 0 aliphatic rings. The molecule has 0 aromatic carbocycles. The number of nitrogens with zero attached hydrogens (tertiary/aromatic N) is 2. The van der Waals surface area contributed by atoms with Gasteiger partial charge in [0.15, 0.2) is 5.13 Å². The largest absolute Gasteiger partial charge is 0.399 e. The molecule has 5 heteroatoms. The highest BCUT2D eigenvalue weighted by Gasteiger charge is 1.92. The molecule has 0 saturated carbocycles. The maximum absolute atomic E-state index is 5.36. The van der Waals surface area contributed by atoms with Crippen LogP contribution in [-0.4, -0.2) is 18.3 Å². The number of hydrogen-bond acceptors (Lipinski definition) is 5. The maximum Gasteiger partial charge on any atom is 0.180 e. The summed E-state index contributed by atoms with van der Waals surface area (Å²) in [6.45, 7) is 0. The van der Waals surface area contributed by atoms with Crippen molar-refractivity contribution in [2.75, 3.05) is 12.8 Å². The van der Waals surface area contributed by atoms with Crippen LogP contribution in [0.15, 0.2) is 10.5 Å². The average Bonchev–Trinajstić information content (AvgIpc) is 2.31. The molecule has 0 aliphatic carbocycles. The molecule has 54 valence electrons. The van der Waals surface area contributed by atoms with Crippen molar-refractivity contribution >= 4 is 22.7 Å². The van der Waals surface area contributed by atoms with Crippen molar-refractivity contribution in [2.24, 2.45) is 5.16 Å². The van der Waals surface area contributed by atoms with Crippen LogP contribution in [0, 0.1) is 0 Å². The number of aromatic nitrogens is 1. The van der Waals surface area contributed by atoms with Crippen LogP contribution < -0.4 is 5.73 Å². The molecule has 0 bridgehead atoms. The molecule has 1 heterocycles. The van der Waals surface area contributed by atoms with Crippen LogP contribution in [0.1, 0.15) is 5.69 Å². The molecule has 0 atom stereocenters. The molecule has 1 rings (SSSR count). The fourth-order valence-corrected chi connectivity index (χ4v) is 0.980. The molecular weight excluding hydrogens is 150 g/mol. The zero-order valence-corrected chi connectivity index (χ0v) is 6.26. The van der Waals surface area contributed by atoms with Crippen LogP contribution in [0.2, 0.25) is 0 Å². The predicted molar refractivity (Wildman–Crippen MR) is 41.1 cm³/mol. The van der Waals surface area contributed by atoms with E-state index in [1.165, 1.54) is 24.7 Å². The monoisotopic (exact) mass is 157 g/mol. The van der Waals surface area contributed by atoms with Crippen molar-refractivity contribution in [3.8, 4) is 0 Å². The molecule has 1 aromatic rings. The van der Waals surface area contributed by atoms with Crippen molar-refractivity contribution in [3.63, 3.8) is 0 Å². The zero-order valence-electron chi connectivity index (χ0n) is 5.44. The van der Waals surface area contributed by atoms with E-state index in [2.05, 4.69) is 15.0 Å². The van der Waals surface area contributed by atoms with Crippen molar-refractivity contribution in [1.82, 2.24) is 4.98 Å². The summed E-state index contributed by atoms with van der Waals surface area (Å²) in [5, 5.41) is 5.86. The summed E-state index contributed by atoms with van der Waals surface area (Å²) in [7, 11) is 1.48. The summed E-state index contributed by atoms with van der Waals surface area (Å²) in [4.78, 5) is 8.36. The van der Waals surface area contributed by atoms with E-state index in [9.17, 15) is 0 Å². The Bertz CT molecular complexity index is 233. The first-order valence-electron chi connectivity index (χ1n) is 2.60. The molecule has 0 saturated heterocycles. The van der Waals surface area contributed by atoms with Crippen LogP contribution in [-0.2, 0) is 4.84 Å². The molecule has 10 heavy (non-hydrogen) atoms. The van der Waals surface area contributed by atoms with Crippen molar-refractivity contribution in [2.45, 2.75) is 0 Å². The normalized spacial score (nSPS) is 10.5. The minimum absolute atomic E-state index is 0.539. The van der Waals surface area contributed by atoms with E-state index in [1.807, 2.05) is 0 Å². The van der Waals surface area contributed by atoms with Gasteiger partial charge in [0.25, 0.3) is 0 Å². The molecule has 0 radical (unpaired) electrons. The fraction of sp³-hybridized carbons (Fsp3) is 0.200. The average molecular weight is 157 g/mol. The summed E-state index contributed by atoms with van der Waals surface area (Å²) in [6, 6.07) is 0. The Morgan fingerprint density at radius 1 is 1.90 bits per heavy atom. The van der Waals surface area contributed by atoms with Gasteiger partial charge in [0.1, 0.15) is 7.11 Å². The van der Waals surface area contributed by atoms with Gasteiger partial charge in [-0.25, -0.2) is 4.98 Å². The van der Waals surface area contributed by atoms with Gasteiger partial charge >= 0.3 is 0 Å². The van der Waals surface area contributed by atoms with Crippen LogP contribution >= 0.6 is 11.3 Å². The minimum Gasteiger partial charge on any atom is -0.399 e. The lowest BCUT2D eigenvalue weighted by atomic mass is 10.6. The highest BCUT2D eigenvalue weighted by molar-refractivity contribution is 7.13. The quantitative estimate of drug-likeness (QED) is 0.508. The molecule has 2 N–H and O–H groups in total. The molecule has 0 unspecified atom stereocenters. The van der Waals surface area contributed by atoms with Crippen molar-refractivity contribution in [3.05, 3.63) is 11.1 Å². The number of oxime groups is 1. The summed E-state index contributed by atoms with van der Waals surface area (Å²) in [5.74, 6) is 0. The van der Waals surface area contributed by atoms with Gasteiger partial charge in [-0.3, -0.25) is 0 Å². The van der Waals surface area contributed by atoms with Gasteiger partial charge in [-0.15, -0.1) is 11.3 Å². The highest BCUT2D eigenvalue weighted by atomic mass is 32.1. The summed E-state index contributed by atoms with van der Waals surface area (Å²) in [6.07, 6.45) is 1.51. The first-order chi connectivity index (χ1) is 4.83. The third kappa shape index (κ3) is 1.70. The number of thiazole rings is 1. The molecule has 4 nitrogen and oxygen atoms in total. The standard InChI is InChI=1S/C5H7N3OS/c1-9-7-2-4-3-10-5(6)8-4/h2-3H,1H3,(H2,6,8). The molecule has 1 aromatic heterocycles. The van der Waals surface area contributed by atoms with E-state index in [0.29, 0.717) is 5.13 Å². The Hall–Kier alpha value is -1.10. The Morgan fingerprint density at radius 3 is 3.20 bits per heavy atom. The van der Waals surface area contributed by atoms with Gasteiger partial charge < -0.3 is 10.6 Å². The number of anilines is 1. The molecule has 0 fully saturated rings. The number of nitrogen functional groups attached to an aromatic ring is 1. The van der Waals surface area contributed by atoms with Gasteiger partial charge in [-0.2, -0.15) is 0 Å². The second-order valence-corrected chi connectivity index (χ2v) is 2.42. The third-order valence-corrected chi connectivity index (χ3v) is 1.52. The SMILES string of the molecule is CON=Cc1csc(N)n1. The second kappa shape index (κ2) is 3.17. The van der Waals surface area contributed by atoms with Gasteiger partial charge in [0.05, 0.1) is 11.9 Å². The number of rotatable bonds is 2. The third-order valence-electron chi connectivity index (χ3n) is 0.830. The van der Waals surface area contributed by atoms with Crippen LogP contribution in [0.25, 0.3) is 0 Å². The molecule has 0 aliphatic heterocycles. The van der Waals surface area contributed by atoms with E-state index in [1.54, 1.807) is 5.38 Å². The summed E-state index contributed by atoms with van der Waals surface area (Å²) in [5.41, 5.74) is 6.08. The highest BCUT2D eigenvalue weighted by Crippen LogP contribution is 2.08. The van der Waals surface area contributed by atoms with E-state index < -0.39 is 0 Å². The Kier molecular flexibility index (Phi) is 2.22. The van der Waals surface area contributed by atoms with Gasteiger partial charge in [0, 0.05) is 5.38 Å². The van der Waals surface area contributed by atoms with E-state index in [4.69, 9.17) is 5.73 Å². The summed E-state index contributed by atoms with van der Waals surface area (Å²) < 4.78 is 0. The Labute approximate surface area is 62.3 Å². The zero-order chi connectivity index (χ0) is 7.40. The topological polar surface area (TPSA) is 60.5 Å². The van der Waals surface area contributed by atoms with Crippen LogP contribution in [0.4, 0.5) is 5.13 Å². The van der Waals surface area contributed by atoms with E-state index >= 15 is 0 Å². The van der Waals surface area contributed by atoms with Crippen molar-refractivity contribution in [1.29, 1.82) is 0 Å². The first-order valence-corrected chi connectivity index (χ1v) is 3.48. The predicted octanol–water partition coefficient (Wildman–Crippen LogP) is 0.706. The minimum atomic E-state index is 0.539. The van der Waals surface area contributed by atoms with Gasteiger partial charge in [-0.05, 0) is 0 Å². The van der Waals surface area contributed by atoms with E-state index in [0.717, 1.165) is 5.69 Å². The lowest BCUT2D eigenvalue weighted by Crippen LogP contribution is -1.85. The lowest BCUT2D eigenvalue weighted by Gasteiger charge is -1.81. The number of nitrogens with two attached hydrogens (primary N) is 1. The maximum atomic E-state index is 5.36. The second-order valence-electron chi connectivity index (χ2n) is 1.53. The Morgan fingerprint density at radius 2 is 2.70 bits per heavy atom. The smallest absolute Gasteiger partial charge is 0.180 e. The van der Waals surface area contributed by atoms with Crippen LogP contribution in [0.3, 0.4) is 0 Å². The Balaban J connectivity index is 2.67. The van der Waals surface area contributed by atoms with Crippen molar-refractivity contribution < 1.29 is 4.84 Å². The number of hydrogen-bond donors (Lipinski definition) is 1.